The van der Waals surface area contributed by atoms with E-state index in [1.807, 2.05) is 13.8 Å². The Morgan fingerprint density at radius 2 is 1.78 bits per heavy atom. The summed E-state index contributed by atoms with van der Waals surface area (Å²) in [5, 5.41) is 0. The van der Waals surface area contributed by atoms with Crippen LogP contribution in [0.25, 0.3) is 0 Å². The first-order valence-electron chi connectivity index (χ1n) is 7.38. The molecule has 128 valence electrons. The summed E-state index contributed by atoms with van der Waals surface area (Å²) >= 11 is 0. The lowest BCUT2D eigenvalue weighted by molar-refractivity contribution is -0.145. The zero-order chi connectivity index (χ0) is 17.7. The van der Waals surface area contributed by atoms with Crippen molar-refractivity contribution in [2.75, 3.05) is 13.7 Å². The largest absolute Gasteiger partial charge is 0.497 e. The van der Waals surface area contributed by atoms with Crippen LogP contribution in [0.3, 0.4) is 0 Å². The lowest BCUT2D eigenvalue weighted by Gasteiger charge is -2.26. The Morgan fingerprint density at radius 3 is 2.22 bits per heavy atom. The Balaban J connectivity index is 3.37. The summed E-state index contributed by atoms with van der Waals surface area (Å²) in [5.74, 6) is -0.195. The number of ether oxygens (including phenoxy) is 2. The van der Waals surface area contributed by atoms with Gasteiger partial charge in [-0.1, -0.05) is 11.6 Å². The molecule has 1 aromatic carbocycles. The second-order valence-electron chi connectivity index (χ2n) is 5.62. The van der Waals surface area contributed by atoms with E-state index < -0.39 is 20.6 Å². The number of allylic oxidation sites excluding steroid dienone is 2. The lowest BCUT2D eigenvalue weighted by Crippen LogP contribution is -2.44. The van der Waals surface area contributed by atoms with Gasteiger partial charge < -0.3 is 9.47 Å². The third-order valence-electron chi connectivity index (χ3n) is 3.57. The quantitative estimate of drug-likeness (QED) is 0.563. The molecular formula is C17H24O5S. The molecule has 0 saturated heterocycles. The summed E-state index contributed by atoms with van der Waals surface area (Å²) in [6.07, 6.45) is 1.79. The predicted molar refractivity (Wildman–Crippen MR) is 89.3 cm³/mol. The van der Waals surface area contributed by atoms with Gasteiger partial charge in [-0.05, 0) is 58.4 Å². The van der Waals surface area contributed by atoms with E-state index in [2.05, 4.69) is 0 Å². The van der Waals surface area contributed by atoms with Crippen molar-refractivity contribution in [2.24, 2.45) is 0 Å². The average molecular weight is 340 g/mol. The maximum absolute atomic E-state index is 13.0. The van der Waals surface area contributed by atoms with Crippen LogP contribution in [0.15, 0.2) is 40.8 Å². The van der Waals surface area contributed by atoms with Crippen LogP contribution in [0, 0.1) is 0 Å². The molecule has 0 aliphatic rings. The molecule has 6 heteroatoms. The van der Waals surface area contributed by atoms with Crippen molar-refractivity contribution in [2.45, 2.75) is 43.8 Å². The van der Waals surface area contributed by atoms with Crippen LogP contribution in [-0.2, 0) is 19.4 Å². The maximum Gasteiger partial charge on any atom is 0.327 e. The molecule has 0 radical (unpaired) electrons. The molecule has 0 N–H and O–H groups in total. The highest BCUT2D eigenvalue weighted by atomic mass is 32.2. The summed E-state index contributed by atoms with van der Waals surface area (Å²) in [6.45, 7) is 6.89. The molecule has 0 heterocycles. The molecule has 0 fully saturated rings. The van der Waals surface area contributed by atoms with Crippen LogP contribution in [0.4, 0.5) is 0 Å². The second kappa shape index (κ2) is 7.64. The molecule has 0 amide bonds. The minimum Gasteiger partial charge on any atom is -0.497 e. The summed E-state index contributed by atoms with van der Waals surface area (Å²) < 4.78 is 34.4. The number of methoxy groups -OCH3 is 1. The van der Waals surface area contributed by atoms with Gasteiger partial charge in [0.25, 0.3) is 0 Å². The van der Waals surface area contributed by atoms with E-state index in [0.29, 0.717) is 5.75 Å². The van der Waals surface area contributed by atoms with Gasteiger partial charge in [-0.3, -0.25) is 4.79 Å². The highest BCUT2D eigenvalue weighted by Crippen LogP contribution is 2.32. The van der Waals surface area contributed by atoms with Gasteiger partial charge in [-0.25, -0.2) is 8.42 Å². The smallest absolute Gasteiger partial charge is 0.327 e. The number of sulfone groups is 1. The SMILES string of the molecule is CCOC(=O)[C@](C)(CC=C(C)C)S(=O)(=O)c1ccc(OC)cc1. The van der Waals surface area contributed by atoms with E-state index >= 15 is 0 Å². The lowest BCUT2D eigenvalue weighted by atomic mass is 10.1. The van der Waals surface area contributed by atoms with Crippen molar-refractivity contribution in [3.63, 3.8) is 0 Å². The Kier molecular flexibility index (Phi) is 6.38. The topological polar surface area (TPSA) is 69.7 Å². The van der Waals surface area contributed by atoms with Crippen LogP contribution < -0.4 is 4.74 Å². The maximum atomic E-state index is 13.0. The van der Waals surface area contributed by atoms with E-state index in [9.17, 15) is 13.2 Å². The molecule has 0 aliphatic heterocycles. The number of rotatable bonds is 7. The van der Waals surface area contributed by atoms with Crippen LogP contribution in [0.2, 0.25) is 0 Å². The molecule has 0 bridgehead atoms. The van der Waals surface area contributed by atoms with Gasteiger partial charge in [0.2, 0.25) is 0 Å². The zero-order valence-electron chi connectivity index (χ0n) is 14.3. The Labute approximate surface area is 138 Å². The number of esters is 1. The fourth-order valence-corrected chi connectivity index (χ4v) is 3.60. The summed E-state index contributed by atoms with van der Waals surface area (Å²) in [6, 6.07) is 5.99. The molecule has 1 atom stereocenters. The van der Waals surface area contributed by atoms with Crippen molar-refractivity contribution >= 4 is 15.8 Å². The van der Waals surface area contributed by atoms with Gasteiger partial charge in [0.05, 0.1) is 18.6 Å². The Bertz CT molecular complexity index is 669. The molecule has 1 rings (SSSR count). The zero-order valence-corrected chi connectivity index (χ0v) is 15.1. The molecule has 0 saturated carbocycles. The van der Waals surface area contributed by atoms with Gasteiger partial charge in [0, 0.05) is 0 Å². The van der Waals surface area contributed by atoms with E-state index in [1.54, 1.807) is 25.1 Å². The fourth-order valence-electron chi connectivity index (χ4n) is 2.00. The summed E-state index contributed by atoms with van der Waals surface area (Å²) in [4.78, 5) is 12.4. The van der Waals surface area contributed by atoms with Crippen LogP contribution >= 0.6 is 0 Å². The molecule has 5 nitrogen and oxygen atoms in total. The predicted octanol–water partition coefficient (Wildman–Crippen LogP) is 3.15. The van der Waals surface area contributed by atoms with Gasteiger partial charge >= 0.3 is 5.97 Å². The van der Waals surface area contributed by atoms with Crippen molar-refractivity contribution in [1.82, 2.24) is 0 Å². The van der Waals surface area contributed by atoms with Gasteiger partial charge in [0.15, 0.2) is 14.6 Å². The number of hydrogen-bond acceptors (Lipinski definition) is 5. The number of carbonyl (C=O) groups excluding carboxylic acids is 1. The first-order chi connectivity index (χ1) is 10.7. The standard InChI is InChI=1S/C17H24O5S/c1-6-22-16(18)17(4,12-11-13(2)3)23(19,20)15-9-7-14(21-5)8-10-15/h7-11H,6,12H2,1-5H3/t17-/m0/s1. The molecule has 0 aromatic heterocycles. The highest BCUT2D eigenvalue weighted by Gasteiger charge is 2.47. The highest BCUT2D eigenvalue weighted by molar-refractivity contribution is 7.93. The van der Waals surface area contributed by atoms with Gasteiger partial charge in [0.1, 0.15) is 5.75 Å². The Hall–Kier alpha value is -1.82. The minimum atomic E-state index is -3.92. The summed E-state index contributed by atoms with van der Waals surface area (Å²) in [5.41, 5.74) is 0.936. The van der Waals surface area contributed by atoms with E-state index in [4.69, 9.17) is 9.47 Å². The van der Waals surface area contributed by atoms with Gasteiger partial charge in [-0.15, -0.1) is 0 Å². The van der Waals surface area contributed by atoms with Crippen LogP contribution in [-0.4, -0.2) is 32.9 Å². The second-order valence-corrected chi connectivity index (χ2v) is 8.00. The molecular weight excluding hydrogens is 316 g/mol. The van der Waals surface area contributed by atoms with Crippen LogP contribution in [0.5, 0.6) is 5.75 Å². The summed E-state index contributed by atoms with van der Waals surface area (Å²) in [7, 11) is -2.42. The number of benzene rings is 1. The molecule has 0 aliphatic carbocycles. The average Bonchev–Trinajstić information content (AvgIpc) is 2.52. The van der Waals surface area contributed by atoms with E-state index in [1.165, 1.54) is 26.2 Å². The van der Waals surface area contributed by atoms with E-state index in [0.717, 1.165) is 5.57 Å². The van der Waals surface area contributed by atoms with Crippen molar-refractivity contribution in [3.05, 3.63) is 35.9 Å². The van der Waals surface area contributed by atoms with Gasteiger partial charge in [-0.2, -0.15) is 0 Å². The fraction of sp³-hybridized carbons (Fsp3) is 0.471. The van der Waals surface area contributed by atoms with Crippen molar-refractivity contribution in [3.8, 4) is 5.75 Å². The molecule has 23 heavy (non-hydrogen) atoms. The van der Waals surface area contributed by atoms with Crippen LogP contribution in [0.1, 0.15) is 34.1 Å². The first kappa shape index (κ1) is 19.2. The molecule has 0 spiro atoms. The normalized spacial score (nSPS) is 13.8. The third-order valence-corrected chi connectivity index (χ3v) is 5.98. The first-order valence-corrected chi connectivity index (χ1v) is 8.86. The van der Waals surface area contributed by atoms with Crippen molar-refractivity contribution in [1.29, 1.82) is 0 Å². The monoisotopic (exact) mass is 340 g/mol. The third kappa shape index (κ3) is 4.13. The number of hydrogen-bond donors (Lipinski definition) is 0. The van der Waals surface area contributed by atoms with Crippen molar-refractivity contribution < 1.29 is 22.7 Å². The Morgan fingerprint density at radius 1 is 1.22 bits per heavy atom. The minimum absolute atomic E-state index is 0.0581. The van der Waals surface area contributed by atoms with E-state index in [-0.39, 0.29) is 17.9 Å². The number of carbonyl (C=O) groups is 1. The molecule has 0 unspecified atom stereocenters. The molecule has 1 aromatic rings.